The quantitative estimate of drug-likeness (QED) is 0.365. The van der Waals surface area contributed by atoms with Gasteiger partial charge in [-0.1, -0.05) is 73.7 Å². The Labute approximate surface area is 221 Å². The summed E-state index contributed by atoms with van der Waals surface area (Å²) in [7, 11) is 1.63. The van der Waals surface area contributed by atoms with Crippen molar-refractivity contribution in [3.63, 3.8) is 0 Å². The predicted molar refractivity (Wildman–Crippen MR) is 150 cm³/mol. The van der Waals surface area contributed by atoms with Crippen molar-refractivity contribution in [1.29, 1.82) is 0 Å². The van der Waals surface area contributed by atoms with E-state index < -0.39 is 11.6 Å². The third-order valence-corrected chi connectivity index (χ3v) is 6.32. The SMILES string of the molecule is CCc1ccc(CCC(=O)N(Cc2cccc(OC)c2)C(Cc2ccccc2)C(=O)NC(C)(C)C)cc1. The molecular weight excluding hydrogens is 460 g/mol. The molecular formula is C32H40N2O3. The largest absolute Gasteiger partial charge is 0.497 e. The van der Waals surface area contributed by atoms with E-state index in [1.54, 1.807) is 12.0 Å². The van der Waals surface area contributed by atoms with E-state index in [0.717, 1.165) is 28.9 Å². The van der Waals surface area contributed by atoms with E-state index in [-0.39, 0.29) is 11.8 Å². The number of benzene rings is 3. The van der Waals surface area contributed by atoms with Gasteiger partial charge in [0.25, 0.3) is 0 Å². The smallest absolute Gasteiger partial charge is 0.243 e. The van der Waals surface area contributed by atoms with Gasteiger partial charge in [-0.25, -0.2) is 0 Å². The van der Waals surface area contributed by atoms with Gasteiger partial charge >= 0.3 is 0 Å². The zero-order valence-corrected chi connectivity index (χ0v) is 22.8. The first-order valence-corrected chi connectivity index (χ1v) is 13.0. The lowest BCUT2D eigenvalue weighted by molar-refractivity contribution is -0.141. The molecule has 1 atom stereocenters. The highest BCUT2D eigenvalue weighted by Crippen LogP contribution is 2.20. The summed E-state index contributed by atoms with van der Waals surface area (Å²) in [5.41, 5.74) is 3.90. The number of nitrogens with one attached hydrogen (secondary N) is 1. The van der Waals surface area contributed by atoms with Crippen molar-refractivity contribution in [3.05, 3.63) is 101 Å². The molecule has 0 aliphatic rings. The van der Waals surface area contributed by atoms with Crippen LogP contribution in [-0.2, 0) is 35.4 Å². The van der Waals surface area contributed by atoms with Gasteiger partial charge in [0.05, 0.1) is 7.11 Å². The van der Waals surface area contributed by atoms with Crippen molar-refractivity contribution in [3.8, 4) is 5.75 Å². The van der Waals surface area contributed by atoms with Crippen LogP contribution in [0.15, 0.2) is 78.9 Å². The number of ether oxygens (including phenoxy) is 1. The Kier molecular flexibility index (Phi) is 9.90. The van der Waals surface area contributed by atoms with Crippen molar-refractivity contribution in [1.82, 2.24) is 10.2 Å². The molecule has 0 fully saturated rings. The monoisotopic (exact) mass is 500 g/mol. The molecule has 0 aliphatic carbocycles. The number of aryl methyl sites for hydroxylation is 2. The molecule has 0 saturated heterocycles. The second kappa shape index (κ2) is 13.1. The molecule has 0 heterocycles. The molecule has 37 heavy (non-hydrogen) atoms. The van der Waals surface area contributed by atoms with Gasteiger partial charge in [-0.05, 0) is 68.0 Å². The van der Waals surface area contributed by atoms with E-state index in [9.17, 15) is 9.59 Å². The fourth-order valence-electron chi connectivity index (χ4n) is 4.31. The highest BCUT2D eigenvalue weighted by molar-refractivity contribution is 5.88. The minimum absolute atomic E-state index is 0.0487. The summed E-state index contributed by atoms with van der Waals surface area (Å²) < 4.78 is 5.41. The molecule has 0 bridgehead atoms. The maximum Gasteiger partial charge on any atom is 0.243 e. The van der Waals surface area contributed by atoms with E-state index in [1.165, 1.54) is 5.56 Å². The van der Waals surface area contributed by atoms with Gasteiger partial charge in [0.1, 0.15) is 11.8 Å². The van der Waals surface area contributed by atoms with E-state index in [1.807, 2.05) is 75.4 Å². The van der Waals surface area contributed by atoms with Gasteiger partial charge < -0.3 is 15.0 Å². The molecule has 0 radical (unpaired) electrons. The Morgan fingerprint density at radius 1 is 0.865 bits per heavy atom. The van der Waals surface area contributed by atoms with Crippen LogP contribution in [0.25, 0.3) is 0 Å². The summed E-state index contributed by atoms with van der Waals surface area (Å²) in [6.07, 6.45) is 2.36. The third-order valence-electron chi connectivity index (χ3n) is 6.32. The number of nitrogens with zero attached hydrogens (tertiary/aromatic N) is 1. The molecule has 5 nitrogen and oxygen atoms in total. The van der Waals surface area contributed by atoms with Crippen LogP contribution >= 0.6 is 0 Å². The molecule has 1 unspecified atom stereocenters. The summed E-state index contributed by atoms with van der Waals surface area (Å²) >= 11 is 0. The highest BCUT2D eigenvalue weighted by atomic mass is 16.5. The molecule has 1 N–H and O–H groups in total. The first-order valence-electron chi connectivity index (χ1n) is 13.0. The normalized spacial score (nSPS) is 12.0. The molecule has 3 aromatic rings. The fraction of sp³-hybridized carbons (Fsp3) is 0.375. The van der Waals surface area contributed by atoms with E-state index in [4.69, 9.17) is 4.74 Å². The van der Waals surface area contributed by atoms with Crippen LogP contribution in [-0.4, -0.2) is 35.4 Å². The van der Waals surface area contributed by atoms with Crippen LogP contribution in [0.5, 0.6) is 5.75 Å². The van der Waals surface area contributed by atoms with Gasteiger partial charge in [0.15, 0.2) is 0 Å². The summed E-state index contributed by atoms with van der Waals surface area (Å²) in [6, 6.07) is 25.3. The maximum atomic E-state index is 13.8. The van der Waals surface area contributed by atoms with E-state index in [2.05, 4.69) is 36.5 Å². The zero-order valence-electron chi connectivity index (χ0n) is 22.8. The van der Waals surface area contributed by atoms with E-state index in [0.29, 0.717) is 25.8 Å². The second-order valence-electron chi connectivity index (χ2n) is 10.5. The number of rotatable bonds is 11. The Hall–Kier alpha value is -3.60. The minimum atomic E-state index is -0.650. The lowest BCUT2D eigenvalue weighted by atomic mass is 9.99. The van der Waals surface area contributed by atoms with E-state index >= 15 is 0 Å². The predicted octanol–water partition coefficient (Wildman–Crippen LogP) is 5.75. The van der Waals surface area contributed by atoms with Gasteiger partial charge in [-0.3, -0.25) is 9.59 Å². The van der Waals surface area contributed by atoms with Crippen molar-refractivity contribution in [2.24, 2.45) is 0 Å². The number of carbonyl (C=O) groups excluding carboxylic acids is 2. The van der Waals surface area contributed by atoms with Crippen LogP contribution in [0.4, 0.5) is 0 Å². The maximum absolute atomic E-state index is 13.8. The third kappa shape index (κ3) is 8.78. The van der Waals surface area contributed by atoms with Crippen molar-refractivity contribution < 1.29 is 14.3 Å². The molecule has 2 amide bonds. The van der Waals surface area contributed by atoms with Gasteiger partial charge in [0, 0.05) is 24.9 Å². The summed E-state index contributed by atoms with van der Waals surface area (Å²) in [6.45, 7) is 8.32. The molecule has 3 aromatic carbocycles. The fourth-order valence-corrected chi connectivity index (χ4v) is 4.31. The summed E-state index contributed by atoms with van der Waals surface area (Å²) in [5, 5.41) is 3.11. The zero-order chi connectivity index (χ0) is 26.8. The van der Waals surface area contributed by atoms with Gasteiger partial charge in [-0.2, -0.15) is 0 Å². The van der Waals surface area contributed by atoms with Crippen molar-refractivity contribution >= 4 is 11.8 Å². The lowest BCUT2D eigenvalue weighted by Gasteiger charge is -2.34. The highest BCUT2D eigenvalue weighted by Gasteiger charge is 2.32. The molecule has 3 rings (SSSR count). The first-order chi connectivity index (χ1) is 17.7. The molecule has 0 aliphatic heterocycles. The average Bonchev–Trinajstić information content (AvgIpc) is 2.89. The Balaban J connectivity index is 1.92. The Morgan fingerprint density at radius 3 is 2.14 bits per heavy atom. The van der Waals surface area contributed by atoms with Crippen LogP contribution in [0, 0.1) is 0 Å². The van der Waals surface area contributed by atoms with Gasteiger partial charge in [0.2, 0.25) is 11.8 Å². The van der Waals surface area contributed by atoms with Crippen LogP contribution in [0.3, 0.4) is 0 Å². The topological polar surface area (TPSA) is 58.6 Å². The number of amides is 2. The number of carbonyl (C=O) groups is 2. The number of methoxy groups -OCH3 is 1. The number of hydrogen-bond donors (Lipinski definition) is 1. The summed E-state index contributed by atoms with van der Waals surface area (Å²) in [5.74, 6) is 0.520. The molecule has 0 spiro atoms. The Bertz CT molecular complexity index is 1150. The minimum Gasteiger partial charge on any atom is -0.497 e. The van der Waals surface area contributed by atoms with Gasteiger partial charge in [-0.15, -0.1) is 0 Å². The molecule has 0 aromatic heterocycles. The molecule has 5 heteroatoms. The van der Waals surface area contributed by atoms with Crippen LogP contribution in [0.2, 0.25) is 0 Å². The van der Waals surface area contributed by atoms with Crippen LogP contribution in [0.1, 0.15) is 56.4 Å². The summed E-state index contributed by atoms with van der Waals surface area (Å²) in [4.78, 5) is 29.2. The average molecular weight is 501 g/mol. The van der Waals surface area contributed by atoms with Crippen molar-refractivity contribution in [2.75, 3.05) is 7.11 Å². The standard InChI is InChI=1S/C32H40N2O3/c1-6-24-15-17-25(18-16-24)19-20-30(35)34(23-27-13-10-14-28(21-27)37-5)29(31(36)33-32(2,3)4)22-26-11-8-7-9-12-26/h7-18,21,29H,6,19-20,22-23H2,1-5H3,(H,33,36). The number of hydrogen-bond acceptors (Lipinski definition) is 3. The van der Waals surface area contributed by atoms with Crippen molar-refractivity contribution in [2.45, 2.75) is 71.5 Å². The first kappa shape index (κ1) is 28.0. The Morgan fingerprint density at radius 2 is 1.51 bits per heavy atom. The molecule has 0 saturated carbocycles. The van der Waals surface area contributed by atoms with Crippen LogP contribution < -0.4 is 10.1 Å². The molecule has 196 valence electrons. The lowest BCUT2D eigenvalue weighted by Crippen LogP contribution is -2.54. The second-order valence-corrected chi connectivity index (χ2v) is 10.5.